The molecule has 1 amide bonds. The van der Waals surface area contributed by atoms with Gasteiger partial charge in [0.15, 0.2) is 5.96 Å². The Hall–Kier alpha value is -0.730. The number of nitrogens with two attached hydrogens (primary N) is 1. The van der Waals surface area contributed by atoms with Crippen LogP contribution in [0.3, 0.4) is 0 Å². The van der Waals surface area contributed by atoms with Crippen molar-refractivity contribution in [2.24, 2.45) is 16.6 Å². The molecular formula is C17H35IN4O2. The Bertz CT molecular complexity index is 402. The molecule has 0 aromatic carbocycles. The molecule has 0 saturated carbocycles. The predicted molar refractivity (Wildman–Crippen MR) is 110 cm³/mol. The van der Waals surface area contributed by atoms with E-state index in [-0.39, 0.29) is 36.0 Å². The van der Waals surface area contributed by atoms with Crippen molar-refractivity contribution < 1.29 is 9.53 Å². The second-order valence-corrected chi connectivity index (χ2v) is 7.57. The van der Waals surface area contributed by atoms with Crippen LogP contribution in [-0.2, 0) is 4.74 Å². The van der Waals surface area contributed by atoms with E-state index < -0.39 is 5.60 Å². The van der Waals surface area contributed by atoms with Crippen LogP contribution >= 0.6 is 24.0 Å². The van der Waals surface area contributed by atoms with E-state index in [1.807, 2.05) is 20.8 Å². The minimum Gasteiger partial charge on any atom is -0.444 e. The van der Waals surface area contributed by atoms with Crippen molar-refractivity contribution in [3.05, 3.63) is 0 Å². The fourth-order valence-electron chi connectivity index (χ4n) is 2.59. The smallest absolute Gasteiger partial charge is 0.410 e. The first kappa shape index (κ1) is 23.3. The van der Waals surface area contributed by atoms with Crippen LogP contribution in [0.25, 0.3) is 0 Å². The van der Waals surface area contributed by atoms with E-state index in [0.29, 0.717) is 19.0 Å². The van der Waals surface area contributed by atoms with Crippen LogP contribution in [0.2, 0.25) is 0 Å². The molecule has 24 heavy (non-hydrogen) atoms. The molecule has 1 fully saturated rings. The Morgan fingerprint density at radius 3 is 2.29 bits per heavy atom. The summed E-state index contributed by atoms with van der Waals surface area (Å²) in [7, 11) is 1.76. The van der Waals surface area contributed by atoms with Gasteiger partial charge in [-0.2, -0.15) is 0 Å². The summed E-state index contributed by atoms with van der Waals surface area (Å²) in [6.45, 7) is 10.9. The Labute approximate surface area is 164 Å². The fraction of sp³-hybridized carbons (Fsp3) is 0.882. The summed E-state index contributed by atoms with van der Waals surface area (Å²) >= 11 is 0. The number of hydrogen-bond acceptors (Lipinski definition) is 3. The van der Waals surface area contributed by atoms with E-state index in [4.69, 9.17) is 10.5 Å². The normalized spacial score (nSPS) is 17.5. The number of amides is 1. The molecule has 1 unspecified atom stereocenters. The van der Waals surface area contributed by atoms with E-state index in [1.165, 1.54) is 25.7 Å². The summed E-state index contributed by atoms with van der Waals surface area (Å²) in [6.07, 6.45) is 4.64. The van der Waals surface area contributed by atoms with E-state index in [9.17, 15) is 4.79 Å². The molecule has 1 aliphatic rings. The molecule has 1 atom stereocenters. The highest BCUT2D eigenvalue weighted by Gasteiger charge is 2.20. The molecule has 1 saturated heterocycles. The lowest BCUT2D eigenvalue weighted by Crippen LogP contribution is -2.39. The number of carbonyl (C=O) groups is 1. The number of hydrogen-bond donors (Lipinski definition) is 1. The van der Waals surface area contributed by atoms with Crippen LogP contribution < -0.4 is 5.73 Å². The van der Waals surface area contributed by atoms with Crippen molar-refractivity contribution in [3.63, 3.8) is 0 Å². The summed E-state index contributed by atoms with van der Waals surface area (Å²) in [5.74, 6) is 0.872. The largest absolute Gasteiger partial charge is 0.444 e. The molecule has 7 heteroatoms. The topological polar surface area (TPSA) is 71.2 Å². The van der Waals surface area contributed by atoms with Crippen molar-refractivity contribution in [1.82, 2.24) is 9.80 Å². The Morgan fingerprint density at radius 1 is 1.25 bits per heavy atom. The Kier molecular flexibility index (Phi) is 10.7. The Morgan fingerprint density at radius 2 is 1.79 bits per heavy atom. The molecule has 0 spiro atoms. The molecule has 0 radical (unpaired) electrons. The van der Waals surface area contributed by atoms with Crippen LogP contribution in [0.15, 0.2) is 4.99 Å². The maximum absolute atomic E-state index is 12.0. The third-order valence-electron chi connectivity index (χ3n) is 3.79. The standard InChI is InChI=1S/C17H34N4O2.HI/c1-14(13-20(5)16(22)23-17(2,3)4)12-19-15(18)21-10-8-6-7-9-11-21;/h14H,6-13H2,1-5H3,(H2,18,19);1H. The van der Waals surface area contributed by atoms with Gasteiger partial charge in [0.2, 0.25) is 0 Å². The van der Waals surface area contributed by atoms with Gasteiger partial charge in [-0.15, -0.1) is 24.0 Å². The minimum absolute atomic E-state index is 0. The number of rotatable bonds is 4. The summed E-state index contributed by atoms with van der Waals surface area (Å²) in [6, 6.07) is 0. The van der Waals surface area contributed by atoms with Crippen molar-refractivity contribution in [3.8, 4) is 0 Å². The number of halogens is 1. The van der Waals surface area contributed by atoms with E-state index in [2.05, 4.69) is 16.8 Å². The summed E-state index contributed by atoms with van der Waals surface area (Å²) in [4.78, 5) is 20.3. The van der Waals surface area contributed by atoms with E-state index in [0.717, 1.165) is 13.1 Å². The lowest BCUT2D eigenvalue weighted by Gasteiger charge is -2.26. The molecule has 0 bridgehead atoms. The first-order chi connectivity index (χ1) is 10.7. The van der Waals surface area contributed by atoms with Crippen molar-refractivity contribution >= 4 is 36.0 Å². The number of guanidine groups is 1. The lowest BCUT2D eigenvalue weighted by atomic mass is 10.2. The highest BCUT2D eigenvalue weighted by Crippen LogP contribution is 2.11. The van der Waals surface area contributed by atoms with Crippen molar-refractivity contribution in [1.29, 1.82) is 0 Å². The maximum Gasteiger partial charge on any atom is 0.410 e. The molecule has 0 aliphatic carbocycles. The van der Waals surface area contributed by atoms with Gasteiger partial charge in [0, 0.05) is 33.2 Å². The molecule has 0 aromatic heterocycles. The van der Waals surface area contributed by atoms with Crippen LogP contribution in [0, 0.1) is 5.92 Å². The predicted octanol–water partition coefficient (Wildman–Crippen LogP) is 3.30. The molecule has 142 valence electrons. The molecule has 1 aliphatic heterocycles. The first-order valence-electron chi connectivity index (χ1n) is 8.68. The number of aliphatic imine (C=N–C) groups is 1. The summed E-state index contributed by atoms with van der Waals surface area (Å²) in [5, 5.41) is 0. The highest BCUT2D eigenvalue weighted by molar-refractivity contribution is 14.0. The SMILES string of the molecule is CC(CN=C(N)N1CCCCCC1)CN(C)C(=O)OC(C)(C)C.I. The van der Waals surface area contributed by atoms with Crippen molar-refractivity contribution in [2.45, 2.75) is 59.0 Å². The second-order valence-electron chi connectivity index (χ2n) is 7.57. The molecule has 2 N–H and O–H groups in total. The lowest BCUT2D eigenvalue weighted by molar-refractivity contribution is 0.0279. The van der Waals surface area contributed by atoms with Gasteiger partial charge >= 0.3 is 6.09 Å². The monoisotopic (exact) mass is 454 g/mol. The molecule has 6 nitrogen and oxygen atoms in total. The van der Waals surface area contributed by atoms with Gasteiger partial charge in [0.1, 0.15) is 5.60 Å². The molecule has 1 heterocycles. The van der Waals surface area contributed by atoms with E-state index in [1.54, 1.807) is 11.9 Å². The third-order valence-corrected chi connectivity index (χ3v) is 3.79. The van der Waals surface area contributed by atoms with Gasteiger partial charge in [-0.1, -0.05) is 19.8 Å². The average Bonchev–Trinajstić information content (AvgIpc) is 2.71. The maximum atomic E-state index is 12.0. The molecule has 0 aromatic rings. The fourth-order valence-corrected chi connectivity index (χ4v) is 2.59. The quantitative estimate of drug-likeness (QED) is 0.402. The van der Waals surface area contributed by atoms with Gasteiger partial charge in [-0.05, 0) is 39.5 Å². The average molecular weight is 454 g/mol. The van der Waals surface area contributed by atoms with Gasteiger partial charge in [-0.3, -0.25) is 4.99 Å². The first-order valence-corrected chi connectivity index (χ1v) is 8.68. The number of carbonyl (C=O) groups excluding carboxylic acids is 1. The van der Waals surface area contributed by atoms with E-state index >= 15 is 0 Å². The number of nitrogens with zero attached hydrogens (tertiary/aromatic N) is 3. The number of likely N-dealkylation sites (tertiary alicyclic amines) is 1. The van der Waals surface area contributed by atoms with Gasteiger partial charge in [0.25, 0.3) is 0 Å². The zero-order chi connectivity index (χ0) is 17.5. The van der Waals surface area contributed by atoms with Gasteiger partial charge in [0.05, 0.1) is 0 Å². The third kappa shape index (κ3) is 9.54. The number of ether oxygens (including phenoxy) is 1. The molecular weight excluding hydrogens is 419 g/mol. The minimum atomic E-state index is -0.468. The zero-order valence-electron chi connectivity index (χ0n) is 15.9. The van der Waals surface area contributed by atoms with Crippen molar-refractivity contribution in [2.75, 3.05) is 33.2 Å². The van der Waals surface area contributed by atoms with Crippen LogP contribution in [-0.4, -0.2) is 60.7 Å². The zero-order valence-corrected chi connectivity index (χ0v) is 18.2. The van der Waals surface area contributed by atoms with Crippen LogP contribution in [0.5, 0.6) is 0 Å². The summed E-state index contributed by atoms with van der Waals surface area (Å²) in [5.41, 5.74) is 5.64. The van der Waals surface area contributed by atoms with Gasteiger partial charge in [-0.25, -0.2) is 4.79 Å². The molecule has 1 rings (SSSR count). The Balaban J connectivity index is 0.00000529. The summed E-state index contributed by atoms with van der Waals surface area (Å²) < 4.78 is 5.35. The van der Waals surface area contributed by atoms with Crippen LogP contribution in [0.4, 0.5) is 4.79 Å². The van der Waals surface area contributed by atoms with Crippen LogP contribution in [0.1, 0.15) is 53.4 Å². The van der Waals surface area contributed by atoms with Gasteiger partial charge < -0.3 is 20.3 Å². The second kappa shape index (κ2) is 11.0. The highest BCUT2D eigenvalue weighted by atomic mass is 127.